The average molecular weight is 531 g/mol. The summed E-state index contributed by atoms with van der Waals surface area (Å²) in [5.41, 5.74) is 0.996. The normalized spacial score (nSPS) is 12.2. The molecule has 0 unspecified atom stereocenters. The maximum atomic E-state index is 13.4. The summed E-state index contributed by atoms with van der Waals surface area (Å²) in [7, 11) is -2.29. The van der Waals surface area contributed by atoms with Crippen molar-refractivity contribution in [2.24, 2.45) is 0 Å². The minimum atomic E-state index is -3.78. The second-order valence-corrected chi connectivity index (χ2v) is 10.0. The highest BCUT2D eigenvalue weighted by Crippen LogP contribution is 2.28. The fourth-order valence-electron chi connectivity index (χ4n) is 3.15. The van der Waals surface area contributed by atoms with Gasteiger partial charge in [0.05, 0.1) is 11.9 Å². The molecule has 2 amide bonds. The zero-order valence-electron chi connectivity index (χ0n) is 17.5. The summed E-state index contributed by atoms with van der Waals surface area (Å²) in [5.74, 6) is -0.855. The molecule has 0 saturated carbocycles. The van der Waals surface area contributed by atoms with Gasteiger partial charge in [-0.1, -0.05) is 48.9 Å². The fourth-order valence-corrected chi connectivity index (χ4v) is 4.82. The van der Waals surface area contributed by atoms with Crippen LogP contribution in [0.1, 0.15) is 18.9 Å². The lowest BCUT2D eigenvalue weighted by Crippen LogP contribution is -2.51. The third kappa shape index (κ3) is 6.44. The van der Waals surface area contributed by atoms with Gasteiger partial charge in [0, 0.05) is 23.1 Å². The highest BCUT2D eigenvalue weighted by atomic mass is 79.9. The number of anilines is 1. The van der Waals surface area contributed by atoms with Gasteiger partial charge in [-0.05, 0) is 46.1 Å². The molecular formula is C21H25BrClN3O4S. The highest BCUT2D eigenvalue weighted by Gasteiger charge is 2.32. The van der Waals surface area contributed by atoms with Crippen LogP contribution in [0.5, 0.6) is 0 Å². The van der Waals surface area contributed by atoms with Crippen molar-refractivity contribution in [3.8, 4) is 0 Å². The van der Waals surface area contributed by atoms with Crippen LogP contribution >= 0.6 is 27.5 Å². The second-order valence-electron chi connectivity index (χ2n) is 6.87. The zero-order valence-corrected chi connectivity index (χ0v) is 20.7. The van der Waals surface area contributed by atoms with Gasteiger partial charge in [-0.3, -0.25) is 13.9 Å². The average Bonchev–Trinajstić information content (AvgIpc) is 2.72. The van der Waals surface area contributed by atoms with Crippen LogP contribution in [0.2, 0.25) is 5.02 Å². The largest absolute Gasteiger partial charge is 0.357 e. The molecule has 0 aromatic heterocycles. The molecule has 2 rings (SSSR count). The predicted octanol–water partition coefficient (Wildman–Crippen LogP) is 3.42. The Kier molecular flexibility index (Phi) is 8.90. The van der Waals surface area contributed by atoms with Crippen molar-refractivity contribution in [1.29, 1.82) is 0 Å². The molecule has 0 aliphatic carbocycles. The SMILES string of the molecule is CC[C@H](C(=O)NC)N(Cc1ccccc1Cl)C(=O)CN(c1ccccc1Br)S(C)(=O)=O. The standard InChI is InChI=1S/C21H25BrClN3O4S/c1-4-18(21(28)24-2)25(13-15-9-5-7-11-17(15)23)20(27)14-26(31(3,29)30)19-12-8-6-10-16(19)22/h5-12,18H,4,13-14H2,1-3H3,(H,24,28)/t18-/m1/s1. The number of likely N-dealkylation sites (N-methyl/N-ethyl adjacent to an activating group) is 1. The molecule has 0 fully saturated rings. The summed E-state index contributed by atoms with van der Waals surface area (Å²) in [5, 5.41) is 3.03. The van der Waals surface area contributed by atoms with E-state index in [1.165, 1.54) is 11.9 Å². The van der Waals surface area contributed by atoms with Crippen LogP contribution in [0.3, 0.4) is 0 Å². The van der Waals surface area contributed by atoms with Crippen LogP contribution in [-0.2, 0) is 26.2 Å². The zero-order chi connectivity index (χ0) is 23.2. The number of rotatable bonds is 9. The van der Waals surface area contributed by atoms with Gasteiger partial charge in [-0.25, -0.2) is 8.42 Å². The monoisotopic (exact) mass is 529 g/mol. The lowest BCUT2D eigenvalue weighted by atomic mass is 10.1. The molecule has 1 atom stereocenters. The maximum absolute atomic E-state index is 13.4. The molecule has 168 valence electrons. The van der Waals surface area contributed by atoms with E-state index in [1.54, 1.807) is 55.5 Å². The Hall–Kier alpha value is -2.10. The first kappa shape index (κ1) is 25.2. The summed E-state index contributed by atoms with van der Waals surface area (Å²) in [4.78, 5) is 27.3. The molecule has 0 aliphatic rings. The Labute approximate surface area is 196 Å². The van der Waals surface area contributed by atoms with Crippen molar-refractivity contribution >= 4 is 55.1 Å². The van der Waals surface area contributed by atoms with Crippen LogP contribution in [0.4, 0.5) is 5.69 Å². The number of nitrogens with zero attached hydrogens (tertiary/aromatic N) is 2. The number of nitrogens with one attached hydrogen (secondary N) is 1. The van der Waals surface area contributed by atoms with Gasteiger partial charge in [0.2, 0.25) is 21.8 Å². The molecule has 2 aromatic carbocycles. The molecule has 2 aromatic rings. The van der Waals surface area contributed by atoms with Crippen LogP contribution in [0.25, 0.3) is 0 Å². The second kappa shape index (κ2) is 11.0. The number of hydrogen-bond donors (Lipinski definition) is 1. The summed E-state index contributed by atoms with van der Waals surface area (Å²) in [6.07, 6.45) is 1.39. The van der Waals surface area contributed by atoms with E-state index in [0.29, 0.717) is 27.2 Å². The first-order valence-corrected chi connectivity index (χ1v) is 12.6. The highest BCUT2D eigenvalue weighted by molar-refractivity contribution is 9.10. The minimum absolute atomic E-state index is 0.0675. The number of sulfonamides is 1. The van der Waals surface area contributed by atoms with Gasteiger partial charge < -0.3 is 10.2 Å². The Balaban J connectivity index is 2.46. The van der Waals surface area contributed by atoms with E-state index >= 15 is 0 Å². The van der Waals surface area contributed by atoms with Crippen LogP contribution in [-0.4, -0.2) is 51.0 Å². The van der Waals surface area contributed by atoms with E-state index in [-0.39, 0.29) is 12.5 Å². The van der Waals surface area contributed by atoms with Crippen LogP contribution < -0.4 is 9.62 Å². The number of amides is 2. The summed E-state index contributed by atoms with van der Waals surface area (Å²) < 4.78 is 26.6. The molecule has 0 saturated heterocycles. The molecule has 7 nitrogen and oxygen atoms in total. The van der Waals surface area contributed by atoms with E-state index in [0.717, 1.165) is 10.6 Å². The van der Waals surface area contributed by atoms with E-state index in [4.69, 9.17) is 11.6 Å². The molecule has 0 spiro atoms. The van der Waals surface area contributed by atoms with Gasteiger partial charge in [0.1, 0.15) is 12.6 Å². The quantitative estimate of drug-likeness (QED) is 0.538. The Morgan fingerprint density at radius 3 is 2.29 bits per heavy atom. The number of carbonyl (C=O) groups is 2. The smallest absolute Gasteiger partial charge is 0.244 e. The Morgan fingerprint density at radius 2 is 1.74 bits per heavy atom. The van der Waals surface area contributed by atoms with Crippen LogP contribution in [0, 0.1) is 0 Å². The molecular weight excluding hydrogens is 506 g/mol. The maximum Gasteiger partial charge on any atom is 0.244 e. The van der Waals surface area contributed by atoms with Crippen molar-refractivity contribution in [3.63, 3.8) is 0 Å². The summed E-state index contributed by atoms with van der Waals surface area (Å²) >= 11 is 9.62. The lowest BCUT2D eigenvalue weighted by Gasteiger charge is -2.33. The van der Waals surface area contributed by atoms with Crippen molar-refractivity contribution in [2.75, 3.05) is 24.2 Å². The fraction of sp³-hybridized carbons (Fsp3) is 0.333. The van der Waals surface area contributed by atoms with Gasteiger partial charge in [0.25, 0.3) is 0 Å². The van der Waals surface area contributed by atoms with E-state index in [9.17, 15) is 18.0 Å². The van der Waals surface area contributed by atoms with Gasteiger partial charge in [0.15, 0.2) is 0 Å². The number of halogens is 2. The summed E-state index contributed by atoms with van der Waals surface area (Å²) in [6.45, 7) is 1.40. The Bertz CT molecular complexity index is 1050. The lowest BCUT2D eigenvalue weighted by molar-refractivity contribution is -0.140. The first-order valence-electron chi connectivity index (χ1n) is 9.56. The van der Waals surface area contributed by atoms with Crippen molar-refractivity contribution < 1.29 is 18.0 Å². The van der Waals surface area contributed by atoms with Crippen LogP contribution in [0.15, 0.2) is 53.0 Å². The van der Waals surface area contributed by atoms with Gasteiger partial charge in [-0.2, -0.15) is 0 Å². The molecule has 0 bridgehead atoms. The van der Waals surface area contributed by atoms with Gasteiger partial charge >= 0.3 is 0 Å². The molecule has 0 aliphatic heterocycles. The molecule has 0 radical (unpaired) electrons. The molecule has 1 N–H and O–H groups in total. The van der Waals surface area contributed by atoms with E-state index in [2.05, 4.69) is 21.2 Å². The number of benzene rings is 2. The number of para-hydroxylation sites is 1. The number of hydrogen-bond acceptors (Lipinski definition) is 4. The molecule has 10 heteroatoms. The van der Waals surface area contributed by atoms with E-state index in [1.807, 2.05) is 0 Å². The minimum Gasteiger partial charge on any atom is -0.357 e. The van der Waals surface area contributed by atoms with Crippen molar-refractivity contribution in [1.82, 2.24) is 10.2 Å². The molecule has 0 heterocycles. The van der Waals surface area contributed by atoms with E-state index < -0.39 is 28.5 Å². The Morgan fingerprint density at radius 1 is 1.13 bits per heavy atom. The van der Waals surface area contributed by atoms with Crippen molar-refractivity contribution in [2.45, 2.75) is 25.9 Å². The molecule has 31 heavy (non-hydrogen) atoms. The first-order chi connectivity index (χ1) is 14.6. The predicted molar refractivity (Wildman–Crippen MR) is 126 cm³/mol. The van der Waals surface area contributed by atoms with Gasteiger partial charge in [-0.15, -0.1) is 0 Å². The number of carbonyl (C=O) groups excluding carboxylic acids is 2. The van der Waals surface area contributed by atoms with Crippen molar-refractivity contribution in [3.05, 3.63) is 63.6 Å². The third-order valence-electron chi connectivity index (χ3n) is 4.73. The topological polar surface area (TPSA) is 86.8 Å². The third-order valence-corrected chi connectivity index (χ3v) is 6.90. The summed E-state index contributed by atoms with van der Waals surface area (Å²) in [6, 6.07) is 13.0.